The second kappa shape index (κ2) is 7.81. The quantitative estimate of drug-likeness (QED) is 0.733. The minimum Gasteiger partial charge on any atom is -0.480 e. The molecule has 1 aromatic carbocycles. The van der Waals surface area contributed by atoms with E-state index in [0.29, 0.717) is 0 Å². The van der Waals surface area contributed by atoms with E-state index in [2.05, 4.69) is 10.6 Å². The Morgan fingerprint density at radius 1 is 1.08 bits per heavy atom. The molecule has 0 aliphatic carbocycles. The van der Waals surface area contributed by atoms with Crippen molar-refractivity contribution in [3.8, 4) is 0 Å². The number of alkyl carbamates (subject to hydrolysis) is 1. The zero-order valence-corrected chi connectivity index (χ0v) is 14.4. The summed E-state index contributed by atoms with van der Waals surface area (Å²) in [6.45, 7) is 6.14. The summed E-state index contributed by atoms with van der Waals surface area (Å²) in [5.74, 6) is -1.76. The van der Waals surface area contributed by atoms with Gasteiger partial charge in [-0.05, 0) is 33.3 Å². The van der Waals surface area contributed by atoms with Gasteiger partial charge in [0.05, 0.1) is 0 Å². The lowest BCUT2D eigenvalue weighted by molar-refractivity contribution is -0.138. The number of benzene rings is 1. The molecule has 1 rings (SSSR count). The van der Waals surface area contributed by atoms with Gasteiger partial charge in [0.2, 0.25) is 5.91 Å². The van der Waals surface area contributed by atoms with E-state index in [-0.39, 0.29) is 6.42 Å². The van der Waals surface area contributed by atoms with Crippen LogP contribution in [0.25, 0.3) is 0 Å². The Kier molecular flexibility index (Phi) is 6.34. The van der Waals surface area contributed by atoms with Gasteiger partial charge in [-0.25, -0.2) is 4.79 Å². The zero-order valence-electron chi connectivity index (χ0n) is 14.4. The molecule has 0 radical (unpaired) electrons. The smallest absolute Gasteiger partial charge is 0.408 e. The molecule has 132 valence electrons. The van der Waals surface area contributed by atoms with Gasteiger partial charge in [-0.3, -0.25) is 9.59 Å². The van der Waals surface area contributed by atoms with E-state index in [1.54, 1.807) is 20.8 Å². The standard InChI is InChI=1S/C17H24N2O5/c1-16(2,3)24-15(23)19-17(4,14(22)18-11-13(20)21)10-12-8-6-5-7-9-12/h5-9H,10-11H2,1-4H3,(H,18,22)(H,19,23)(H,20,21). The van der Waals surface area contributed by atoms with Crippen LogP contribution in [0.4, 0.5) is 4.79 Å². The lowest BCUT2D eigenvalue weighted by atomic mass is 9.92. The highest BCUT2D eigenvalue weighted by molar-refractivity contribution is 5.91. The van der Waals surface area contributed by atoms with E-state index in [9.17, 15) is 14.4 Å². The monoisotopic (exact) mass is 336 g/mol. The van der Waals surface area contributed by atoms with Crippen LogP contribution in [0.15, 0.2) is 30.3 Å². The summed E-state index contributed by atoms with van der Waals surface area (Å²) >= 11 is 0. The number of rotatable bonds is 6. The first-order valence-electron chi connectivity index (χ1n) is 7.57. The fraction of sp³-hybridized carbons (Fsp3) is 0.471. The third-order valence-electron chi connectivity index (χ3n) is 3.08. The summed E-state index contributed by atoms with van der Waals surface area (Å²) in [6, 6.07) is 9.11. The fourth-order valence-corrected chi connectivity index (χ4v) is 2.07. The molecule has 2 amide bonds. The number of amides is 2. The highest BCUT2D eigenvalue weighted by Crippen LogP contribution is 2.16. The number of ether oxygens (including phenoxy) is 1. The van der Waals surface area contributed by atoms with Crippen molar-refractivity contribution in [2.45, 2.75) is 45.3 Å². The number of aliphatic carboxylic acids is 1. The number of carbonyl (C=O) groups is 3. The molecule has 0 aromatic heterocycles. The molecule has 1 atom stereocenters. The number of nitrogens with one attached hydrogen (secondary N) is 2. The highest BCUT2D eigenvalue weighted by atomic mass is 16.6. The van der Waals surface area contributed by atoms with Crippen molar-refractivity contribution >= 4 is 18.0 Å². The Morgan fingerprint density at radius 3 is 2.17 bits per heavy atom. The number of carbonyl (C=O) groups excluding carboxylic acids is 2. The van der Waals surface area contributed by atoms with Crippen molar-refractivity contribution in [2.24, 2.45) is 0 Å². The highest BCUT2D eigenvalue weighted by Gasteiger charge is 2.36. The lowest BCUT2D eigenvalue weighted by Gasteiger charge is -2.31. The maximum absolute atomic E-state index is 12.4. The van der Waals surface area contributed by atoms with Gasteiger partial charge in [0, 0.05) is 6.42 Å². The van der Waals surface area contributed by atoms with E-state index >= 15 is 0 Å². The maximum Gasteiger partial charge on any atom is 0.408 e. The second-order valence-corrected chi connectivity index (χ2v) is 6.70. The largest absolute Gasteiger partial charge is 0.480 e. The molecule has 0 bridgehead atoms. The third kappa shape index (κ3) is 6.68. The first-order valence-corrected chi connectivity index (χ1v) is 7.57. The maximum atomic E-state index is 12.4. The number of hydrogen-bond donors (Lipinski definition) is 3. The predicted octanol–water partition coefficient (Wildman–Crippen LogP) is 1.71. The molecule has 24 heavy (non-hydrogen) atoms. The summed E-state index contributed by atoms with van der Waals surface area (Å²) in [6.07, 6.45) is -0.551. The van der Waals surface area contributed by atoms with Crippen molar-refractivity contribution in [3.63, 3.8) is 0 Å². The molecule has 7 heteroatoms. The molecule has 0 aliphatic heterocycles. The molecular weight excluding hydrogens is 312 g/mol. The molecule has 0 saturated heterocycles. The van der Waals surface area contributed by atoms with E-state index < -0.39 is 35.7 Å². The van der Waals surface area contributed by atoms with Crippen LogP contribution in [-0.2, 0) is 20.7 Å². The first kappa shape index (κ1) is 19.5. The van der Waals surface area contributed by atoms with Crippen LogP contribution in [-0.4, -0.2) is 40.8 Å². The average Bonchev–Trinajstić information content (AvgIpc) is 2.43. The van der Waals surface area contributed by atoms with Gasteiger partial charge < -0.3 is 20.5 Å². The molecule has 7 nitrogen and oxygen atoms in total. The summed E-state index contributed by atoms with van der Waals surface area (Å²) in [4.78, 5) is 35.2. The lowest BCUT2D eigenvalue weighted by Crippen LogP contribution is -2.59. The van der Waals surface area contributed by atoms with Crippen molar-refractivity contribution in [1.29, 1.82) is 0 Å². The summed E-state index contributed by atoms with van der Waals surface area (Å²) in [5.41, 5.74) is -1.24. The molecule has 1 aromatic rings. The van der Waals surface area contributed by atoms with Crippen molar-refractivity contribution in [1.82, 2.24) is 10.6 Å². The fourth-order valence-electron chi connectivity index (χ4n) is 2.07. The van der Waals surface area contributed by atoms with Crippen LogP contribution >= 0.6 is 0 Å². The summed E-state index contributed by atoms with van der Waals surface area (Å²) < 4.78 is 5.20. The van der Waals surface area contributed by atoms with Gasteiger partial charge in [-0.1, -0.05) is 30.3 Å². The topological polar surface area (TPSA) is 105 Å². The third-order valence-corrected chi connectivity index (χ3v) is 3.08. The van der Waals surface area contributed by atoms with Gasteiger partial charge >= 0.3 is 12.1 Å². The minimum absolute atomic E-state index is 0.193. The number of carboxylic acid groups (broad SMARTS) is 1. The van der Waals surface area contributed by atoms with Crippen LogP contribution in [0.5, 0.6) is 0 Å². The second-order valence-electron chi connectivity index (χ2n) is 6.70. The van der Waals surface area contributed by atoms with Gasteiger partial charge in [0.25, 0.3) is 0 Å². The summed E-state index contributed by atoms with van der Waals surface area (Å²) in [7, 11) is 0. The van der Waals surface area contributed by atoms with E-state index in [0.717, 1.165) is 5.56 Å². The van der Waals surface area contributed by atoms with Gasteiger partial charge in [0.15, 0.2) is 0 Å². The van der Waals surface area contributed by atoms with Crippen LogP contribution < -0.4 is 10.6 Å². The Balaban J connectivity index is 2.94. The summed E-state index contributed by atoms with van der Waals surface area (Å²) in [5, 5.41) is 13.6. The molecule has 0 spiro atoms. The Hall–Kier alpha value is -2.57. The van der Waals surface area contributed by atoms with Crippen LogP contribution in [0.3, 0.4) is 0 Å². The van der Waals surface area contributed by atoms with E-state index in [1.807, 2.05) is 30.3 Å². The van der Waals surface area contributed by atoms with Crippen LogP contribution in [0.1, 0.15) is 33.3 Å². The molecule has 0 heterocycles. The van der Waals surface area contributed by atoms with E-state index in [1.165, 1.54) is 6.92 Å². The first-order chi connectivity index (χ1) is 11.0. The van der Waals surface area contributed by atoms with Gasteiger partial charge in [-0.2, -0.15) is 0 Å². The molecule has 0 fully saturated rings. The zero-order chi connectivity index (χ0) is 18.4. The van der Waals surface area contributed by atoms with Gasteiger partial charge in [0.1, 0.15) is 17.7 Å². The molecule has 0 saturated carbocycles. The number of carboxylic acids is 1. The normalized spacial score (nSPS) is 13.5. The van der Waals surface area contributed by atoms with Crippen molar-refractivity contribution < 1.29 is 24.2 Å². The Bertz CT molecular complexity index is 595. The SMILES string of the molecule is CC(C)(C)OC(=O)NC(C)(Cc1ccccc1)C(=O)NCC(=O)O. The van der Waals surface area contributed by atoms with Crippen LogP contribution in [0.2, 0.25) is 0 Å². The molecule has 0 aliphatic rings. The molecule has 3 N–H and O–H groups in total. The van der Waals surface area contributed by atoms with E-state index in [4.69, 9.17) is 9.84 Å². The Morgan fingerprint density at radius 2 is 1.67 bits per heavy atom. The van der Waals surface area contributed by atoms with Crippen molar-refractivity contribution in [3.05, 3.63) is 35.9 Å². The number of hydrogen-bond acceptors (Lipinski definition) is 4. The van der Waals surface area contributed by atoms with Gasteiger partial charge in [-0.15, -0.1) is 0 Å². The molecule has 1 unspecified atom stereocenters. The average molecular weight is 336 g/mol. The van der Waals surface area contributed by atoms with Crippen LogP contribution in [0, 0.1) is 0 Å². The predicted molar refractivity (Wildman–Crippen MR) is 88.6 cm³/mol. The van der Waals surface area contributed by atoms with Crippen molar-refractivity contribution in [2.75, 3.05) is 6.54 Å². The molecular formula is C17H24N2O5. The minimum atomic E-state index is -1.35. The Labute approximate surface area is 141 Å².